The van der Waals surface area contributed by atoms with Crippen molar-refractivity contribution in [1.29, 1.82) is 0 Å². The topological polar surface area (TPSA) is 49.3 Å². The maximum atomic E-state index is 12.2. The number of nitrogens with one attached hydrogen (secondary N) is 1. The Balaban J connectivity index is 1.48. The van der Waals surface area contributed by atoms with Crippen molar-refractivity contribution in [2.45, 2.75) is 117 Å². The third kappa shape index (κ3) is 3.65. The van der Waals surface area contributed by atoms with E-state index in [9.17, 15) is 9.90 Å². The first-order valence-electron chi connectivity index (χ1n) is 13.1. The van der Waals surface area contributed by atoms with Crippen LogP contribution in [0.3, 0.4) is 0 Å². The Hall–Kier alpha value is -0.570. The highest BCUT2D eigenvalue weighted by Crippen LogP contribution is 2.68. The minimum Gasteiger partial charge on any atom is -0.393 e. The van der Waals surface area contributed by atoms with Gasteiger partial charge in [0, 0.05) is 12.5 Å². The average Bonchev–Trinajstić information content (AvgIpc) is 3.05. The van der Waals surface area contributed by atoms with Crippen molar-refractivity contribution in [1.82, 2.24) is 5.32 Å². The van der Waals surface area contributed by atoms with Crippen LogP contribution in [0.2, 0.25) is 0 Å². The Bertz CT molecular complexity index is 632. The van der Waals surface area contributed by atoms with Crippen molar-refractivity contribution in [3.8, 4) is 0 Å². The Morgan fingerprint density at radius 3 is 2.53 bits per heavy atom. The molecule has 0 aromatic rings. The second-order valence-electron chi connectivity index (χ2n) is 12.4. The molecule has 2 N–H and O–H groups in total. The third-order valence-corrected chi connectivity index (χ3v) is 10.7. The van der Waals surface area contributed by atoms with E-state index in [2.05, 4.69) is 26.1 Å². The van der Waals surface area contributed by atoms with Crippen molar-refractivity contribution in [2.75, 3.05) is 0 Å². The first-order valence-corrected chi connectivity index (χ1v) is 13.1. The fourth-order valence-electron chi connectivity index (χ4n) is 9.17. The fourth-order valence-corrected chi connectivity index (χ4v) is 9.17. The van der Waals surface area contributed by atoms with Crippen molar-refractivity contribution in [3.63, 3.8) is 0 Å². The molecule has 0 bridgehead atoms. The highest BCUT2D eigenvalue weighted by Gasteiger charge is 2.63. The number of hydrogen-bond acceptors (Lipinski definition) is 2. The van der Waals surface area contributed by atoms with Crippen molar-refractivity contribution >= 4 is 5.91 Å². The maximum Gasteiger partial charge on any atom is 0.220 e. The highest BCUT2D eigenvalue weighted by molar-refractivity contribution is 5.76. The van der Waals surface area contributed by atoms with Gasteiger partial charge in [0.15, 0.2) is 0 Å². The van der Waals surface area contributed by atoms with Gasteiger partial charge in [-0.05, 0) is 112 Å². The second kappa shape index (κ2) is 8.41. The second-order valence-corrected chi connectivity index (χ2v) is 12.4. The van der Waals surface area contributed by atoms with Crippen LogP contribution in [0, 0.1) is 46.3 Å². The van der Waals surface area contributed by atoms with Crippen molar-refractivity contribution in [2.24, 2.45) is 46.3 Å². The Morgan fingerprint density at radius 2 is 1.80 bits per heavy atom. The lowest BCUT2D eigenvalue weighted by atomic mass is 9.44. The predicted molar refractivity (Wildman–Crippen MR) is 123 cm³/mol. The summed E-state index contributed by atoms with van der Waals surface area (Å²) >= 11 is 0. The Kier molecular flexibility index (Phi) is 6.34. The monoisotopic (exact) mass is 417 g/mol. The Morgan fingerprint density at radius 1 is 1.03 bits per heavy atom. The van der Waals surface area contributed by atoms with E-state index < -0.39 is 0 Å². The minimum atomic E-state index is -0.166. The van der Waals surface area contributed by atoms with Crippen molar-refractivity contribution in [3.05, 3.63) is 0 Å². The molecule has 4 rings (SSSR count). The highest BCUT2D eigenvalue weighted by atomic mass is 16.3. The molecule has 30 heavy (non-hydrogen) atoms. The van der Waals surface area contributed by atoms with Crippen LogP contribution < -0.4 is 5.32 Å². The van der Waals surface area contributed by atoms with Crippen LogP contribution in [0.15, 0.2) is 0 Å². The minimum absolute atomic E-state index is 0.0486. The van der Waals surface area contributed by atoms with E-state index in [0.717, 1.165) is 30.6 Å². The van der Waals surface area contributed by atoms with Crippen LogP contribution in [-0.4, -0.2) is 23.2 Å². The summed E-state index contributed by atoms with van der Waals surface area (Å²) in [5.74, 6) is 4.38. The summed E-state index contributed by atoms with van der Waals surface area (Å²) in [7, 11) is 0. The number of amides is 1. The van der Waals surface area contributed by atoms with Gasteiger partial charge in [-0.15, -0.1) is 0 Å². The van der Waals surface area contributed by atoms with Gasteiger partial charge in [-0.1, -0.05) is 33.6 Å². The van der Waals surface area contributed by atoms with Crippen LogP contribution in [-0.2, 0) is 4.79 Å². The van der Waals surface area contributed by atoms with Gasteiger partial charge in [0.1, 0.15) is 0 Å². The number of rotatable bonds is 5. The van der Waals surface area contributed by atoms with Gasteiger partial charge in [-0.2, -0.15) is 0 Å². The molecule has 0 aromatic heterocycles. The molecule has 0 unspecified atom stereocenters. The SMILES string of the molecule is CC(C)NC(=O)CC[C@H](C)[C@@H]1CC[C@@H]2[C@H]3CC[C@H]4CCCC[C@@]4(C)[C@@H]3C[C@@H](O)[C@]21C. The molecule has 9 atom stereocenters. The fraction of sp³-hybridized carbons (Fsp3) is 0.963. The number of aliphatic hydroxyl groups excluding tert-OH is 1. The van der Waals surface area contributed by atoms with E-state index in [1.165, 1.54) is 51.4 Å². The van der Waals surface area contributed by atoms with Gasteiger partial charge < -0.3 is 10.4 Å². The van der Waals surface area contributed by atoms with E-state index in [1.807, 2.05) is 13.8 Å². The molecule has 4 aliphatic rings. The predicted octanol–water partition coefficient (Wildman–Crippen LogP) is 5.95. The van der Waals surface area contributed by atoms with Gasteiger partial charge in [0.2, 0.25) is 5.91 Å². The van der Waals surface area contributed by atoms with Crippen LogP contribution >= 0.6 is 0 Å². The van der Waals surface area contributed by atoms with E-state index in [4.69, 9.17) is 0 Å². The molecule has 0 aromatic carbocycles. The number of fused-ring (bicyclic) bond motifs is 5. The quantitative estimate of drug-likeness (QED) is 0.581. The summed E-state index contributed by atoms with van der Waals surface area (Å²) in [4.78, 5) is 12.2. The summed E-state index contributed by atoms with van der Waals surface area (Å²) < 4.78 is 0. The lowest BCUT2D eigenvalue weighted by Gasteiger charge is -2.62. The van der Waals surface area contributed by atoms with Gasteiger partial charge in [0.25, 0.3) is 0 Å². The molecule has 4 aliphatic carbocycles. The van der Waals surface area contributed by atoms with E-state index in [-0.39, 0.29) is 23.5 Å². The molecule has 0 spiro atoms. The smallest absolute Gasteiger partial charge is 0.220 e. The lowest BCUT2D eigenvalue weighted by Crippen LogP contribution is -2.58. The van der Waals surface area contributed by atoms with E-state index >= 15 is 0 Å². The zero-order valence-corrected chi connectivity index (χ0v) is 20.3. The van der Waals surface area contributed by atoms with Crippen LogP contribution in [0.5, 0.6) is 0 Å². The standard InChI is InChI=1S/C27H47NO2/c1-17(2)28-25(30)14-9-18(3)21-12-13-22-20-11-10-19-8-6-7-15-26(19,4)23(20)16-24(29)27(21,22)5/h17-24,29H,6-16H2,1-5H3,(H,28,30)/t18-,19+,20+,21-,22+,23+,24+,26+,27-/m0/s1. The van der Waals surface area contributed by atoms with Gasteiger partial charge in [-0.3, -0.25) is 4.79 Å². The number of carbonyl (C=O) groups excluding carboxylic acids is 1. The van der Waals surface area contributed by atoms with Gasteiger partial charge in [0.05, 0.1) is 6.10 Å². The molecule has 1 amide bonds. The molecule has 3 heteroatoms. The molecule has 172 valence electrons. The van der Waals surface area contributed by atoms with E-state index in [1.54, 1.807) is 0 Å². The molecular weight excluding hydrogens is 370 g/mol. The average molecular weight is 418 g/mol. The zero-order chi connectivity index (χ0) is 21.7. The van der Waals surface area contributed by atoms with Gasteiger partial charge in [-0.25, -0.2) is 0 Å². The molecule has 0 aliphatic heterocycles. The molecular formula is C27H47NO2. The molecule has 0 saturated heterocycles. The van der Waals surface area contributed by atoms with Gasteiger partial charge >= 0.3 is 0 Å². The molecule has 0 radical (unpaired) electrons. The third-order valence-electron chi connectivity index (χ3n) is 10.7. The Labute approximate surface area is 185 Å². The van der Waals surface area contributed by atoms with Crippen molar-refractivity contribution < 1.29 is 9.90 Å². The summed E-state index contributed by atoms with van der Waals surface area (Å²) in [6, 6.07) is 0.217. The van der Waals surface area contributed by atoms with Crippen LogP contribution in [0.4, 0.5) is 0 Å². The molecule has 3 nitrogen and oxygen atoms in total. The lowest BCUT2D eigenvalue weighted by molar-refractivity contribution is -0.168. The normalized spacial score (nSPS) is 46.6. The summed E-state index contributed by atoms with van der Waals surface area (Å²) in [5, 5.41) is 14.7. The summed E-state index contributed by atoms with van der Waals surface area (Å²) in [6.07, 6.45) is 13.4. The molecule has 4 fully saturated rings. The van der Waals surface area contributed by atoms with E-state index in [0.29, 0.717) is 29.6 Å². The number of aliphatic hydroxyl groups is 1. The number of carbonyl (C=O) groups is 1. The first-order chi connectivity index (χ1) is 14.2. The molecule has 4 saturated carbocycles. The largest absolute Gasteiger partial charge is 0.393 e. The van der Waals surface area contributed by atoms with Crippen LogP contribution in [0.1, 0.15) is 105 Å². The first kappa shape index (κ1) is 22.6. The molecule has 0 heterocycles. The zero-order valence-electron chi connectivity index (χ0n) is 20.3. The van der Waals surface area contributed by atoms with Crippen LogP contribution in [0.25, 0.3) is 0 Å². The summed E-state index contributed by atoms with van der Waals surface area (Å²) in [5.41, 5.74) is 0.523. The number of hydrogen-bond donors (Lipinski definition) is 2. The maximum absolute atomic E-state index is 12.2. The summed E-state index contributed by atoms with van der Waals surface area (Å²) in [6.45, 7) is 11.4.